The molecule has 26 heavy (non-hydrogen) atoms. The normalized spacial score (nSPS) is 10.7. The largest absolute Gasteiger partial charge is 0.459 e. The predicted molar refractivity (Wildman–Crippen MR) is 96.6 cm³/mol. The fourth-order valence-corrected chi connectivity index (χ4v) is 2.57. The second-order valence-corrected chi connectivity index (χ2v) is 5.79. The van der Waals surface area contributed by atoms with E-state index in [0.717, 1.165) is 11.1 Å². The zero-order valence-corrected chi connectivity index (χ0v) is 14.0. The molecule has 128 valence electrons. The molecule has 0 radical (unpaired) electrons. The van der Waals surface area contributed by atoms with E-state index in [2.05, 4.69) is 15.5 Å². The van der Waals surface area contributed by atoms with Crippen LogP contribution in [0.25, 0.3) is 22.9 Å². The van der Waals surface area contributed by atoms with Gasteiger partial charge in [-0.2, -0.15) is 0 Å². The van der Waals surface area contributed by atoms with Gasteiger partial charge in [-0.15, -0.1) is 10.2 Å². The van der Waals surface area contributed by atoms with Crippen molar-refractivity contribution in [2.45, 2.75) is 6.92 Å². The third kappa shape index (κ3) is 3.25. The molecule has 0 fully saturated rings. The molecule has 2 aromatic carbocycles. The van der Waals surface area contributed by atoms with Crippen molar-refractivity contribution < 1.29 is 13.6 Å². The first-order valence-electron chi connectivity index (χ1n) is 8.05. The minimum Gasteiger partial charge on any atom is -0.459 e. The Hall–Kier alpha value is -3.67. The number of amides is 1. The highest BCUT2D eigenvalue weighted by Gasteiger charge is 2.13. The van der Waals surface area contributed by atoms with Crippen molar-refractivity contribution in [1.29, 1.82) is 0 Å². The zero-order valence-electron chi connectivity index (χ0n) is 14.0. The smallest absolute Gasteiger partial charge is 0.291 e. The van der Waals surface area contributed by atoms with Gasteiger partial charge in [0.25, 0.3) is 5.91 Å². The zero-order chi connectivity index (χ0) is 17.9. The van der Waals surface area contributed by atoms with Gasteiger partial charge in [-0.25, -0.2) is 0 Å². The lowest BCUT2D eigenvalue weighted by Gasteiger charge is -2.04. The lowest BCUT2D eigenvalue weighted by Crippen LogP contribution is -2.10. The summed E-state index contributed by atoms with van der Waals surface area (Å²) in [5, 5.41) is 11.0. The van der Waals surface area contributed by atoms with Crippen LogP contribution in [0.3, 0.4) is 0 Å². The second-order valence-electron chi connectivity index (χ2n) is 5.79. The number of furan rings is 1. The van der Waals surface area contributed by atoms with Crippen LogP contribution in [-0.2, 0) is 0 Å². The van der Waals surface area contributed by atoms with Gasteiger partial charge in [0.2, 0.25) is 11.8 Å². The van der Waals surface area contributed by atoms with Crippen LogP contribution in [-0.4, -0.2) is 16.1 Å². The number of hydrogen-bond acceptors (Lipinski definition) is 5. The predicted octanol–water partition coefficient (Wildman–Crippen LogP) is 4.56. The number of carbonyl (C=O) groups excluding carboxylic acids is 1. The summed E-state index contributed by atoms with van der Waals surface area (Å²) in [6.07, 6.45) is 1.45. The van der Waals surface area contributed by atoms with Crippen LogP contribution in [0.5, 0.6) is 0 Å². The Morgan fingerprint density at radius 3 is 2.35 bits per heavy atom. The van der Waals surface area contributed by atoms with E-state index < -0.39 is 0 Å². The van der Waals surface area contributed by atoms with Gasteiger partial charge in [0.15, 0.2) is 5.76 Å². The van der Waals surface area contributed by atoms with Crippen LogP contribution in [0.15, 0.2) is 75.8 Å². The summed E-state index contributed by atoms with van der Waals surface area (Å²) in [7, 11) is 0. The molecule has 0 aliphatic rings. The van der Waals surface area contributed by atoms with E-state index in [1.807, 2.05) is 43.3 Å². The second kappa shape index (κ2) is 6.68. The first-order valence-corrected chi connectivity index (χ1v) is 8.05. The minimum atomic E-state index is -0.321. The summed E-state index contributed by atoms with van der Waals surface area (Å²) >= 11 is 0. The van der Waals surface area contributed by atoms with Crippen molar-refractivity contribution in [3.63, 3.8) is 0 Å². The minimum absolute atomic E-state index is 0.245. The summed E-state index contributed by atoms with van der Waals surface area (Å²) in [6.45, 7) is 2.01. The number of carbonyl (C=O) groups is 1. The Morgan fingerprint density at radius 1 is 0.923 bits per heavy atom. The highest BCUT2D eigenvalue weighted by atomic mass is 16.4. The molecule has 1 amide bonds. The highest BCUT2D eigenvalue weighted by molar-refractivity contribution is 6.02. The average molecular weight is 345 g/mol. The van der Waals surface area contributed by atoms with Crippen LogP contribution in [0.2, 0.25) is 0 Å². The molecule has 0 spiro atoms. The molecule has 0 aliphatic heterocycles. The van der Waals surface area contributed by atoms with Gasteiger partial charge in [-0.3, -0.25) is 4.79 Å². The maximum absolute atomic E-state index is 12.1. The van der Waals surface area contributed by atoms with Gasteiger partial charge in [-0.1, -0.05) is 23.8 Å². The number of nitrogens with zero attached hydrogens (tertiary/aromatic N) is 2. The quantitative estimate of drug-likeness (QED) is 0.586. The Bertz CT molecular complexity index is 1050. The molecule has 2 aromatic heterocycles. The standard InChI is InChI=1S/C20H15N3O3/c1-13-5-2-6-14(11-13)19-22-23-20(26-19)15-7-3-8-16(12-15)21-18(24)17-9-4-10-25-17/h2-12H,1H3,(H,21,24). The lowest BCUT2D eigenvalue weighted by molar-refractivity contribution is 0.0996. The van der Waals surface area contributed by atoms with Crippen LogP contribution in [0.1, 0.15) is 16.1 Å². The van der Waals surface area contributed by atoms with E-state index in [4.69, 9.17) is 8.83 Å². The maximum Gasteiger partial charge on any atom is 0.291 e. The van der Waals surface area contributed by atoms with E-state index in [1.54, 1.807) is 24.3 Å². The number of benzene rings is 2. The number of nitrogens with one attached hydrogen (secondary N) is 1. The summed E-state index contributed by atoms with van der Waals surface area (Å²) in [5.74, 6) is 0.761. The van der Waals surface area contributed by atoms with Crippen molar-refractivity contribution in [3.8, 4) is 22.9 Å². The van der Waals surface area contributed by atoms with Gasteiger partial charge in [0, 0.05) is 16.8 Å². The summed E-state index contributed by atoms with van der Waals surface area (Å²) in [5.41, 5.74) is 3.31. The van der Waals surface area contributed by atoms with Crippen molar-refractivity contribution >= 4 is 11.6 Å². The van der Waals surface area contributed by atoms with E-state index in [9.17, 15) is 4.79 Å². The summed E-state index contributed by atoms with van der Waals surface area (Å²) in [4.78, 5) is 12.1. The Balaban J connectivity index is 1.58. The van der Waals surface area contributed by atoms with Gasteiger partial charge in [0.05, 0.1) is 6.26 Å². The Labute approximate surface area is 149 Å². The number of aryl methyl sites for hydroxylation is 1. The van der Waals surface area contributed by atoms with Gasteiger partial charge in [-0.05, 0) is 49.4 Å². The molecule has 0 atom stereocenters. The van der Waals surface area contributed by atoms with E-state index in [1.165, 1.54) is 6.26 Å². The first kappa shape index (κ1) is 15.8. The molecule has 0 saturated heterocycles. The molecular weight excluding hydrogens is 330 g/mol. The molecule has 6 nitrogen and oxygen atoms in total. The third-order valence-electron chi connectivity index (χ3n) is 3.80. The average Bonchev–Trinajstić information content (AvgIpc) is 3.34. The lowest BCUT2D eigenvalue weighted by atomic mass is 10.1. The van der Waals surface area contributed by atoms with Crippen molar-refractivity contribution in [3.05, 3.63) is 78.3 Å². The Kier molecular flexibility index (Phi) is 4.07. The van der Waals surface area contributed by atoms with Crippen LogP contribution in [0.4, 0.5) is 5.69 Å². The Morgan fingerprint density at radius 2 is 1.65 bits per heavy atom. The first-order chi connectivity index (χ1) is 12.7. The molecule has 0 aliphatic carbocycles. The monoisotopic (exact) mass is 345 g/mol. The fourth-order valence-electron chi connectivity index (χ4n) is 2.57. The van der Waals surface area contributed by atoms with E-state index in [-0.39, 0.29) is 11.7 Å². The van der Waals surface area contributed by atoms with Crippen molar-refractivity contribution in [2.24, 2.45) is 0 Å². The number of hydrogen-bond donors (Lipinski definition) is 1. The molecule has 0 bridgehead atoms. The number of aromatic nitrogens is 2. The van der Waals surface area contributed by atoms with Gasteiger partial charge >= 0.3 is 0 Å². The van der Waals surface area contributed by atoms with Crippen LogP contribution in [0, 0.1) is 6.92 Å². The van der Waals surface area contributed by atoms with E-state index in [0.29, 0.717) is 23.0 Å². The highest BCUT2D eigenvalue weighted by Crippen LogP contribution is 2.26. The van der Waals surface area contributed by atoms with Crippen molar-refractivity contribution in [2.75, 3.05) is 5.32 Å². The summed E-state index contributed by atoms with van der Waals surface area (Å²) < 4.78 is 10.9. The number of anilines is 1. The van der Waals surface area contributed by atoms with Crippen molar-refractivity contribution in [1.82, 2.24) is 10.2 Å². The molecule has 0 saturated carbocycles. The van der Waals surface area contributed by atoms with Gasteiger partial charge in [0.1, 0.15) is 0 Å². The molecule has 2 heterocycles. The summed E-state index contributed by atoms with van der Waals surface area (Å²) in [6, 6.07) is 18.3. The molecule has 6 heteroatoms. The molecule has 0 unspecified atom stereocenters. The maximum atomic E-state index is 12.1. The third-order valence-corrected chi connectivity index (χ3v) is 3.80. The fraction of sp³-hybridized carbons (Fsp3) is 0.0500. The molecule has 4 aromatic rings. The van der Waals surface area contributed by atoms with Crippen LogP contribution >= 0.6 is 0 Å². The SMILES string of the molecule is Cc1cccc(-c2nnc(-c3cccc(NC(=O)c4ccco4)c3)o2)c1. The molecule has 4 rings (SSSR count). The van der Waals surface area contributed by atoms with Gasteiger partial charge < -0.3 is 14.2 Å². The molecular formula is C20H15N3O3. The molecule has 1 N–H and O–H groups in total. The van der Waals surface area contributed by atoms with E-state index >= 15 is 0 Å². The number of rotatable bonds is 4. The van der Waals surface area contributed by atoms with Crippen LogP contribution < -0.4 is 5.32 Å². The topological polar surface area (TPSA) is 81.2 Å².